The summed E-state index contributed by atoms with van der Waals surface area (Å²) in [6.45, 7) is 6.21. The van der Waals surface area contributed by atoms with Gasteiger partial charge in [0, 0.05) is 0 Å². The average Bonchev–Trinajstić information content (AvgIpc) is 2.50. The van der Waals surface area contributed by atoms with Crippen LogP contribution >= 0.6 is 17.0 Å². The fourth-order valence-electron chi connectivity index (χ4n) is 2.36. The number of ether oxygens (including phenoxy) is 1. The molecule has 1 N–H and O–H groups in total. The van der Waals surface area contributed by atoms with Crippen LogP contribution in [0.3, 0.4) is 0 Å². The highest BCUT2D eigenvalue weighted by Gasteiger charge is 2.42. The van der Waals surface area contributed by atoms with Crippen molar-refractivity contribution in [1.29, 1.82) is 0 Å². The number of benzene rings is 1. The lowest BCUT2D eigenvalue weighted by atomic mass is 9.83. The third-order valence-corrected chi connectivity index (χ3v) is 3.84. The van der Waals surface area contributed by atoms with Gasteiger partial charge >= 0.3 is 5.97 Å². The zero-order valence-corrected chi connectivity index (χ0v) is 15.6. The molecule has 0 radical (unpaired) electrons. The van der Waals surface area contributed by atoms with Crippen LogP contribution in [0.1, 0.15) is 58.4 Å². The quantitative estimate of drug-likeness (QED) is 0.507. The third-order valence-electron chi connectivity index (χ3n) is 3.84. The summed E-state index contributed by atoms with van der Waals surface area (Å²) in [6.07, 6.45) is 5.50. The molecule has 0 bridgehead atoms. The Bertz CT molecular complexity index is 420. The maximum atomic E-state index is 12.3. The summed E-state index contributed by atoms with van der Waals surface area (Å²) in [7, 11) is 0. The summed E-state index contributed by atoms with van der Waals surface area (Å²) in [4.78, 5) is 12.3. The molecule has 0 aliphatic carbocycles. The van der Waals surface area contributed by atoms with E-state index >= 15 is 0 Å². The Morgan fingerprint density at radius 2 is 1.73 bits per heavy atom. The van der Waals surface area contributed by atoms with E-state index in [4.69, 9.17) is 4.74 Å². The summed E-state index contributed by atoms with van der Waals surface area (Å²) < 4.78 is 5.31. The van der Waals surface area contributed by atoms with Gasteiger partial charge in [0.15, 0.2) is 5.60 Å². The van der Waals surface area contributed by atoms with Gasteiger partial charge in [-0.2, -0.15) is 0 Å². The molecule has 3 nitrogen and oxygen atoms in total. The van der Waals surface area contributed by atoms with Gasteiger partial charge < -0.3 is 9.84 Å². The lowest BCUT2D eigenvalue weighted by Crippen LogP contribution is -2.42. The second-order valence-electron chi connectivity index (χ2n) is 5.84. The van der Waals surface area contributed by atoms with Crippen LogP contribution in [0, 0.1) is 5.92 Å². The zero-order valence-electron chi connectivity index (χ0n) is 13.9. The molecule has 0 amide bonds. The molecule has 126 valence electrons. The average molecular weight is 373 g/mol. The first kappa shape index (κ1) is 21.1. The van der Waals surface area contributed by atoms with Crippen LogP contribution in [0.15, 0.2) is 30.3 Å². The third kappa shape index (κ3) is 5.73. The van der Waals surface area contributed by atoms with Crippen LogP contribution in [0.5, 0.6) is 0 Å². The molecule has 1 aromatic carbocycles. The van der Waals surface area contributed by atoms with Gasteiger partial charge in [-0.15, -0.1) is 17.0 Å². The normalized spacial score (nSPS) is 13.3. The lowest BCUT2D eigenvalue weighted by molar-refractivity contribution is -0.172. The van der Waals surface area contributed by atoms with E-state index in [0.29, 0.717) is 12.2 Å². The van der Waals surface area contributed by atoms with E-state index in [2.05, 4.69) is 6.92 Å². The number of hydrogen-bond acceptors (Lipinski definition) is 3. The molecule has 0 fully saturated rings. The molecule has 1 unspecified atom stereocenters. The van der Waals surface area contributed by atoms with Crippen LogP contribution in [0.25, 0.3) is 0 Å². The predicted octanol–water partition coefficient (Wildman–Crippen LogP) is 4.62. The van der Waals surface area contributed by atoms with Gasteiger partial charge in [0.05, 0.1) is 6.61 Å². The van der Waals surface area contributed by atoms with Crippen LogP contribution in [0.4, 0.5) is 0 Å². The Morgan fingerprint density at radius 1 is 1.14 bits per heavy atom. The van der Waals surface area contributed by atoms with E-state index in [1.807, 2.05) is 32.0 Å². The minimum Gasteiger partial charge on any atom is -0.463 e. The van der Waals surface area contributed by atoms with Crippen molar-refractivity contribution in [2.24, 2.45) is 5.92 Å². The fourth-order valence-corrected chi connectivity index (χ4v) is 2.36. The SMILES string of the molecule is Br.CCCCCCCOC(=O)C(O)(c1ccccc1)C(C)C. The van der Waals surface area contributed by atoms with E-state index in [9.17, 15) is 9.90 Å². The van der Waals surface area contributed by atoms with E-state index in [1.165, 1.54) is 19.3 Å². The molecule has 0 spiro atoms. The van der Waals surface area contributed by atoms with Crippen molar-refractivity contribution >= 4 is 23.0 Å². The summed E-state index contributed by atoms with van der Waals surface area (Å²) >= 11 is 0. The Morgan fingerprint density at radius 3 is 2.27 bits per heavy atom. The van der Waals surface area contributed by atoms with Crippen LogP contribution in [0.2, 0.25) is 0 Å². The van der Waals surface area contributed by atoms with E-state index in [-0.39, 0.29) is 22.9 Å². The minimum absolute atomic E-state index is 0. The Hall–Kier alpha value is -0.870. The predicted molar refractivity (Wildman–Crippen MR) is 95.2 cm³/mol. The van der Waals surface area contributed by atoms with Gasteiger partial charge in [0.2, 0.25) is 0 Å². The molecule has 0 aliphatic rings. The number of carbonyl (C=O) groups excluding carboxylic acids is 1. The van der Waals surface area contributed by atoms with Gasteiger partial charge in [-0.05, 0) is 17.9 Å². The minimum atomic E-state index is -1.56. The molecule has 22 heavy (non-hydrogen) atoms. The van der Waals surface area contributed by atoms with Crippen LogP contribution in [-0.2, 0) is 15.1 Å². The van der Waals surface area contributed by atoms with Crippen molar-refractivity contribution in [3.8, 4) is 0 Å². The monoisotopic (exact) mass is 372 g/mol. The van der Waals surface area contributed by atoms with E-state index < -0.39 is 11.6 Å². The van der Waals surface area contributed by atoms with Crippen LogP contribution < -0.4 is 0 Å². The second kappa shape index (κ2) is 10.8. The maximum absolute atomic E-state index is 12.3. The number of halogens is 1. The first-order chi connectivity index (χ1) is 10.0. The van der Waals surface area contributed by atoms with Gasteiger partial charge in [-0.25, -0.2) is 4.79 Å². The van der Waals surface area contributed by atoms with Gasteiger partial charge in [-0.3, -0.25) is 0 Å². The molecule has 0 saturated carbocycles. The molecule has 1 atom stereocenters. The number of esters is 1. The molecule has 4 heteroatoms. The molecular formula is C18H29BrO3. The van der Waals surface area contributed by atoms with Crippen molar-refractivity contribution in [3.63, 3.8) is 0 Å². The molecule has 0 saturated heterocycles. The maximum Gasteiger partial charge on any atom is 0.343 e. The van der Waals surface area contributed by atoms with Crippen molar-refractivity contribution in [2.45, 2.75) is 58.5 Å². The number of unbranched alkanes of at least 4 members (excludes halogenated alkanes) is 4. The lowest BCUT2D eigenvalue weighted by Gasteiger charge is -2.30. The number of rotatable bonds is 9. The van der Waals surface area contributed by atoms with Crippen LogP contribution in [-0.4, -0.2) is 17.7 Å². The van der Waals surface area contributed by atoms with Gasteiger partial charge in [0.1, 0.15) is 0 Å². The highest BCUT2D eigenvalue weighted by molar-refractivity contribution is 8.93. The zero-order chi connectivity index (χ0) is 15.7. The molecule has 0 aromatic heterocycles. The smallest absolute Gasteiger partial charge is 0.343 e. The number of hydrogen-bond donors (Lipinski definition) is 1. The Kier molecular flexibility index (Phi) is 10.4. The molecular weight excluding hydrogens is 344 g/mol. The van der Waals surface area contributed by atoms with Crippen molar-refractivity contribution in [3.05, 3.63) is 35.9 Å². The Balaban J connectivity index is 0.00000441. The molecule has 0 aliphatic heterocycles. The summed E-state index contributed by atoms with van der Waals surface area (Å²) in [6, 6.07) is 9.04. The van der Waals surface area contributed by atoms with Crippen molar-refractivity contribution in [1.82, 2.24) is 0 Å². The highest BCUT2D eigenvalue weighted by atomic mass is 79.9. The van der Waals surface area contributed by atoms with Gasteiger partial charge in [0.25, 0.3) is 0 Å². The standard InChI is InChI=1S/C18H28O3.BrH/c1-4-5-6-7-11-14-21-17(19)18(20,15(2)3)16-12-9-8-10-13-16;/h8-10,12-13,15,20H,4-7,11,14H2,1-3H3;1H. The summed E-state index contributed by atoms with van der Waals surface area (Å²) in [5.41, 5.74) is -0.971. The van der Waals surface area contributed by atoms with E-state index in [1.54, 1.807) is 12.1 Å². The first-order valence-electron chi connectivity index (χ1n) is 7.98. The fraction of sp³-hybridized carbons (Fsp3) is 0.611. The highest BCUT2D eigenvalue weighted by Crippen LogP contribution is 2.31. The molecule has 1 rings (SSSR count). The summed E-state index contributed by atoms with van der Waals surface area (Å²) in [5, 5.41) is 10.8. The van der Waals surface area contributed by atoms with Gasteiger partial charge in [-0.1, -0.05) is 76.8 Å². The van der Waals surface area contributed by atoms with Crippen molar-refractivity contribution in [2.75, 3.05) is 6.61 Å². The Labute approximate surface area is 144 Å². The number of aliphatic hydroxyl groups is 1. The van der Waals surface area contributed by atoms with Crippen molar-refractivity contribution < 1.29 is 14.6 Å². The number of carbonyl (C=O) groups is 1. The first-order valence-corrected chi connectivity index (χ1v) is 7.98. The topological polar surface area (TPSA) is 46.5 Å². The summed E-state index contributed by atoms with van der Waals surface area (Å²) in [5.74, 6) is -0.785. The van der Waals surface area contributed by atoms with E-state index in [0.717, 1.165) is 12.8 Å². The molecule has 1 aromatic rings. The molecule has 0 heterocycles. The largest absolute Gasteiger partial charge is 0.463 e. The second-order valence-corrected chi connectivity index (χ2v) is 5.84.